The van der Waals surface area contributed by atoms with Crippen molar-refractivity contribution in [1.82, 2.24) is 0 Å². The van der Waals surface area contributed by atoms with Crippen LogP contribution in [0.5, 0.6) is 0 Å². The number of rotatable bonds is 2. The van der Waals surface area contributed by atoms with Crippen molar-refractivity contribution in [3.8, 4) is 0 Å². The van der Waals surface area contributed by atoms with E-state index in [1.165, 1.54) is 0 Å². The fourth-order valence-electron chi connectivity index (χ4n) is 1.54. The van der Waals surface area contributed by atoms with Gasteiger partial charge in [0.15, 0.2) is 5.79 Å². The molecule has 0 spiro atoms. The Labute approximate surface area is 68.9 Å². The standard InChI is InChI=1S/C9H18O2/c1-4-6-9(3)10-7-5-8(2)11-9/h8H,4-7H2,1-3H3. The van der Waals surface area contributed by atoms with Gasteiger partial charge in [-0.25, -0.2) is 0 Å². The van der Waals surface area contributed by atoms with Crippen LogP contribution in [0, 0.1) is 0 Å². The van der Waals surface area contributed by atoms with Crippen molar-refractivity contribution in [3.05, 3.63) is 0 Å². The molecule has 1 aliphatic rings. The molecule has 0 aromatic heterocycles. The molecule has 0 aliphatic carbocycles. The second-order valence-corrected chi connectivity index (χ2v) is 3.45. The first kappa shape index (κ1) is 9.01. The fraction of sp³-hybridized carbons (Fsp3) is 1.00. The lowest BCUT2D eigenvalue weighted by Gasteiger charge is -2.37. The van der Waals surface area contributed by atoms with E-state index in [4.69, 9.17) is 9.47 Å². The first-order valence-electron chi connectivity index (χ1n) is 4.48. The predicted molar refractivity (Wildman–Crippen MR) is 44.4 cm³/mol. The summed E-state index contributed by atoms with van der Waals surface area (Å²) < 4.78 is 11.2. The molecule has 1 heterocycles. The second-order valence-electron chi connectivity index (χ2n) is 3.45. The summed E-state index contributed by atoms with van der Waals surface area (Å²) in [6.45, 7) is 7.14. The molecule has 1 aliphatic heterocycles. The Morgan fingerprint density at radius 3 is 2.82 bits per heavy atom. The number of hydrogen-bond acceptors (Lipinski definition) is 2. The minimum absolute atomic E-state index is 0.299. The van der Waals surface area contributed by atoms with Crippen molar-refractivity contribution in [1.29, 1.82) is 0 Å². The average molecular weight is 158 g/mol. The van der Waals surface area contributed by atoms with Gasteiger partial charge in [-0.15, -0.1) is 0 Å². The molecule has 0 N–H and O–H groups in total. The van der Waals surface area contributed by atoms with E-state index in [0.29, 0.717) is 6.10 Å². The van der Waals surface area contributed by atoms with Crippen LogP contribution in [-0.2, 0) is 9.47 Å². The zero-order valence-corrected chi connectivity index (χ0v) is 7.72. The van der Waals surface area contributed by atoms with Crippen LogP contribution in [0.4, 0.5) is 0 Å². The molecule has 1 saturated heterocycles. The molecule has 2 unspecified atom stereocenters. The average Bonchev–Trinajstić information content (AvgIpc) is 1.86. The normalized spacial score (nSPS) is 39.0. The van der Waals surface area contributed by atoms with Crippen molar-refractivity contribution < 1.29 is 9.47 Å². The lowest BCUT2D eigenvalue weighted by Crippen LogP contribution is -2.41. The Morgan fingerprint density at radius 1 is 1.55 bits per heavy atom. The highest BCUT2D eigenvalue weighted by Gasteiger charge is 2.30. The van der Waals surface area contributed by atoms with Crippen molar-refractivity contribution in [2.75, 3.05) is 6.61 Å². The summed E-state index contributed by atoms with van der Waals surface area (Å²) in [6.07, 6.45) is 3.50. The third-order valence-electron chi connectivity index (χ3n) is 2.09. The van der Waals surface area contributed by atoms with E-state index in [1.54, 1.807) is 0 Å². The van der Waals surface area contributed by atoms with E-state index in [1.807, 2.05) is 6.92 Å². The lowest BCUT2D eigenvalue weighted by molar-refractivity contribution is -0.282. The summed E-state index contributed by atoms with van der Waals surface area (Å²) in [4.78, 5) is 0. The van der Waals surface area contributed by atoms with Gasteiger partial charge < -0.3 is 9.47 Å². The third kappa shape index (κ3) is 2.46. The first-order valence-corrected chi connectivity index (χ1v) is 4.48. The second kappa shape index (κ2) is 3.55. The molecule has 0 aromatic carbocycles. The lowest BCUT2D eigenvalue weighted by atomic mass is 10.1. The molecular weight excluding hydrogens is 140 g/mol. The Kier molecular flexibility index (Phi) is 2.90. The molecule has 0 bridgehead atoms. The van der Waals surface area contributed by atoms with Gasteiger partial charge in [-0.2, -0.15) is 0 Å². The van der Waals surface area contributed by atoms with Crippen LogP contribution in [-0.4, -0.2) is 18.5 Å². The predicted octanol–water partition coefficient (Wildman–Crippen LogP) is 2.33. The van der Waals surface area contributed by atoms with Gasteiger partial charge in [0.05, 0.1) is 12.7 Å². The fourth-order valence-corrected chi connectivity index (χ4v) is 1.54. The number of hydrogen-bond donors (Lipinski definition) is 0. The Morgan fingerprint density at radius 2 is 2.27 bits per heavy atom. The zero-order valence-electron chi connectivity index (χ0n) is 7.72. The molecule has 0 radical (unpaired) electrons. The quantitative estimate of drug-likeness (QED) is 0.614. The maximum atomic E-state index is 5.69. The van der Waals surface area contributed by atoms with Gasteiger partial charge in [0.2, 0.25) is 0 Å². The van der Waals surface area contributed by atoms with E-state index >= 15 is 0 Å². The van der Waals surface area contributed by atoms with Crippen LogP contribution in [0.1, 0.15) is 40.0 Å². The Hall–Kier alpha value is -0.0800. The summed E-state index contributed by atoms with van der Waals surface area (Å²) in [5.74, 6) is -0.299. The van der Waals surface area contributed by atoms with Crippen LogP contribution < -0.4 is 0 Å². The summed E-state index contributed by atoms with van der Waals surface area (Å²) in [6, 6.07) is 0. The van der Waals surface area contributed by atoms with Crippen LogP contribution >= 0.6 is 0 Å². The molecule has 0 amide bonds. The minimum Gasteiger partial charge on any atom is -0.350 e. The van der Waals surface area contributed by atoms with Crippen molar-refractivity contribution >= 4 is 0 Å². The maximum absolute atomic E-state index is 5.69. The molecule has 0 aromatic rings. The number of ether oxygens (including phenoxy) is 2. The van der Waals surface area contributed by atoms with Gasteiger partial charge in [0.1, 0.15) is 0 Å². The largest absolute Gasteiger partial charge is 0.350 e. The van der Waals surface area contributed by atoms with Crippen LogP contribution in [0.25, 0.3) is 0 Å². The van der Waals surface area contributed by atoms with Gasteiger partial charge in [0, 0.05) is 6.42 Å². The molecule has 1 rings (SSSR count). The highest BCUT2D eigenvalue weighted by atomic mass is 16.7. The zero-order chi connectivity index (χ0) is 8.32. The molecule has 2 nitrogen and oxygen atoms in total. The molecule has 1 fully saturated rings. The summed E-state index contributed by atoms with van der Waals surface area (Å²) in [7, 11) is 0. The van der Waals surface area contributed by atoms with Gasteiger partial charge in [-0.1, -0.05) is 13.3 Å². The van der Waals surface area contributed by atoms with E-state index in [9.17, 15) is 0 Å². The third-order valence-corrected chi connectivity index (χ3v) is 2.09. The van der Waals surface area contributed by atoms with Crippen LogP contribution in [0.3, 0.4) is 0 Å². The summed E-state index contributed by atoms with van der Waals surface area (Å²) in [5, 5.41) is 0. The van der Waals surface area contributed by atoms with E-state index in [2.05, 4.69) is 13.8 Å². The van der Waals surface area contributed by atoms with Gasteiger partial charge in [-0.3, -0.25) is 0 Å². The molecule has 0 saturated carbocycles. The molecule has 2 atom stereocenters. The summed E-state index contributed by atoms with van der Waals surface area (Å²) >= 11 is 0. The van der Waals surface area contributed by atoms with Gasteiger partial charge in [-0.05, 0) is 20.3 Å². The van der Waals surface area contributed by atoms with Crippen molar-refractivity contribution in [2.45, 2.75) is 51.9 Å². The first-order chi connectivity index (χ1) is 5.16. The molecule has 2 heteroatoms. The molecule has 66 valence electrons. The summed E-state index contributed by atoms with van der Waals surface area (Å²) in [5.41, 5.74) is 0. The van der Waals surface area contributed by atoms with E-state index < -0.39 is 0 Å². The Bertz CT molecular complexity index is 121. The maximum Gasteiger partial charge on any atom is 0.165 e. The highest BCUT2D eigenvalue weighted by molar-refractivity contribution is 4.69. The topological polar surface area (TPSA) is 18.5 Å². The highest BCUT2D eigenvalue weighted by Crippen LogP contribution is 2.26. The SMILES string of the molecule is CCCC1(C)OCCC(C)O1. The van der Waals surface area contributed by atoms with Crippen molar-refractivity contribution in [3.63, 3.8) is 0 Å². The van der Waals surface area contributed by atoms with Gasteiger partial charge in [0.25, 0.3) is 0 Å². The van der Waals surface area contributed by atoms with E-state index in [-0.39, 0.29) is 5.79 Å². The van der Waals surface area contributed by atoms with Crippen LogP contribution in [0.15, 0.2) is 0 Å². The van der Waals surface area contributed by atoms with Gasteiger partial charge >= 0.3 is 0 Å². The van der Waals surface area contributed by atoms with Crippen molar-refractivity contribution in [2.24, 2.45) is 0 Å². The molecule has 11 heavy (non-hydrogen) atoms. The minimum atomic E-state index is -0.299. The van der Waals surface area contributed by atoms with Crippen LogP contribution in [0.2, 0.25) is 0 Å². The Balaban J connectivity index is 2.41. The molecular formula is C9H18O2. The monoisotopic (exact) mass is 158 g/mol. The van der Waals surface area contributed by atoms with E-state index in [0.717, 1.165) is 25.9 Å². The smallest absolute Gasteiger partial charge is 0.165 e.